The molecule has 8 nitrogen and oxygen atoms in total. The van der Waals surface area contributed by atoms with Crippen LogP contribution in [0.15, 0.2) is 49.1 Å². The van der Waals surface area contributed by atoms with Crippen LogP contribution < -0.4 is 10.6 Å². The standard InChI is InChI=1S/C17H16N6O2/c1-11-5-3-7-14(12(11)2)22-17-15(23(24)25)16(19-10-20-17)21-13-6-4-8-18-9-13/h3-10H,1-2H3,(H2,19,20,21,22). The fourth-order valence-corrected chi connectivity index (χ4v) is 2.32. The van der Waals surface area contributed by atoms with Crippen molar-refractivity contribution < 1.29 is 4.92 Å². The maximum absolute atomic E-state index is 11.6. The topological polar surface area (TPSA) is 106 Å². The van der Waals surface area contributed by atoms with Crippen molar-refractivity contribution >= 4 is 28.7 Å². The van der Waals surface area contributed by atoms with E-state index in [4.69, 9.17) is 0 Å². The van der Waals surface area contributed by atoms with Crippen molar-refractivity contribution in [3.63, 3.8) is 0 Å². The molecule has 3 rings (SSSR count). The molecule has 126 valence electrons. The molecule has 8 heteroatoms. The number of hydrogen-bond donors (Lipinski definition) is 2. The van der Waals surface area contributed by atoms with Crippen LogP contribution in [0.5, 0.6) is 0 Å². The number of benzene rings is 1. The number of pyridine rings is 1. The fourth-order valence-electron chi connectivity index (χ4n) is 2.32. The van der Waals surface area contributed by atoms with Crippen LogP contribution in [0, 0.1) is 24.0 Å². The molecule has 2 heterocycles. The predicted octanol–water partition coefficient (Wildman–Crippen LogP) is 3.88. The van der Waals surface area contributed by atoms with Crippen LogP contribution in [0.1, 0.15) is 11.1 Å². The third-order valence-corrected chi connectivity index (χ3v) is 3.79. The van der Waals surface area contributed by atoms with Gasteiger partial charge in [0.15, 0.2) is 0 Å². The average Bonchev–Trinajstić information content (AvgIpc) is 2.60. The zero-order valence-electron chi connectivity index (χ0n) is 13.7. The number of aryl methyl sites for hydroxylation is 1. The Morgan fingerprint density at radius 3 is 2.48 bits per heavy atom. The Morgan fingerprint density at radius 1 is 1.04 bits per heavy atom. The summed E-state index contributed by atoms with van der Waals surface area (Å²) in [6.45, 7) is 3.92. The summed E-state index contributed by atoms with van der Waals surface area (Å²) in [5.74, 6) is 0.223. The van der Waals surface area contributed by atoms with Gasteiger partial charge in [-0.25, -0.2) is 9.97 Å². The summed E-state index contributed by atoms with van der Waals surface area (Å²) in [6, 6.07) is 9.18. The average molecular weight is 336 g/mol. The van der Waals surface area contributed by atoms with Crippen molar-refractivity contribution in [3.05, 3.63) is 70.3 Å². The number of anilines is 4. The number of nitrogens with zero attached hydrogens (tertiary/aromatic N) is 4. The molecule has 0 saturated carbocycles. The van der Waals surface area contributed by atoms with Gasteiger partial charge in [-0.05, 0) is 43.2 Å². The Balaban J connectivity index is 2.01. The van der Waals surface area contributed by atoms with E-state index in [9.17, 15) is 10.1 Å². The van der Waals surface area contributed by atoms with Crippen molar-refractivity contribution in [3.8, 4) is 0 Å². The van der Waals surface area contributed by atoms with Gasteiger partial charge in [0.2, 0.25) is 11.6 Å². The first-order valence-corrected chi connectivity index (χ1v) is 7.56. The molecule has 25 heavy (non-hydrogen) atoms. The highest BCUT2D eigenvalue weighted by Gasteiger charge is 2.23. The van der Waals surface area contributed by atoms with Gasteiger partial charge in [-0.2, -0.15) is 0 Å². The minimum Gasteiger partial charge on any atom is -0.334 e. The van der Waals surface area contributed by atoms with Crippen molar-refractivity contribution in [2.75, 3.05) is 10.6 Å². The highest BCUT2D eigenvalue weighted by molar-refractivity contribution is 5.77. The third kappa shape index (κ3) is 3.52. The van der Waals surface area contributed by atoms with Crippen LogP contribution in [-0.2, 0) is 0 Å². The first-order valence-electron chi connectivity index (χ1n) is 7.56. The van der Waals surface area contributed by atoms with Crippen LogP contribution in [0.2, 0.25) is 0 Å². The normalized spacial score (nSPS) is 10.3. The van der Waals surface area contributed by atoms with Crippen LogP contribution >= 0.6 is 0 Å². The minimum absolute atomic E-state index is 0.0980. The lowest BCUT2D eigenvalue weighted by molar-refractivity contribution is -0.383. The summed E-state index contributed by atoms with van der Waals surface area (Å²) in [5.41, 5.74) is 3.20. The van der Waals surface area contributed by atoms with Crippen molar-refractivity contribution in [1.29, 1.82) is 0 Å². The van der Waals surface area contributed by atoms with Gasteiger partial charge in [-0.15, -0.1) is 0 Å². The first kappa shape index (κ1) is 16.3. The smallest absolute Gasteiger partial charge is 0.334 e. The number of rotatable bonds is 5. The molecule has 0 unspecified atom stereocenters. The van der Waals surface area contributed by atoms with E-state index < -0.39 is 4.92 Å². The van der Waals surface area contributed by atoms with E-state index in [0.29, 0.717) is 5.69 Å². The Bertz CT molecular complexity index is 914. The molecule has 0 saturated heterocycles. The Kier molecular flexibility index (Phi) is 4.51. The predicted molar refractivity (Wildman–Crippen MR) is 95.4 cm³/mol. The lowest BCUT2D eigenvalue weighted by atomic mass is 10.1. The monoisotopic (exact) mass is 336 g/mol. The molecular formula is C17H16N6O2. The van der Waals surface area contributed by atoms with Crippen LogP contribution in [0.3, 0.4) is 0 Å². The van der Waals surface area contributed by atoms with E-state index in [1.807, 2.05) is 32.0 Å². The zero-order chi connectivity index (χ0) is 17.8. The van der Waals surface area contributed by atoms with Gasteiger partial charge in [0.05, 0.1) is 16.8 Å². The molecule has 2 N–H and O–H groups in total. The summed E-state index contributed by atoms with van der Waals surface area (Å²) in [6.07, 6.45) is 4.45. The van der Waals surface area contributed by atoms with Gasteiger partial charge >= 0.3 is 5.69 Å². The number of aromatic nitrogens is 3. The van der Waals surface area contributed by atoms with E-state index in [1.54, 1.807) is 24.5 Å². The molecule has 0 fully saturated rings. The maximum Gasteiger partial charge on any atom is 0.353 e. The van der Waals surface area contributed by atoms with E-state index in [0.717, 1.165) is 16.8 Å². The Morgan fingerprint density at radius 2 is 1.80 bits per heavy atom. The Hall–Kier alpha value is -3.55. The van der Waals surface area contributed by atoms with E-state index in [2.05, 4.69) is 25.6 Å². The molecule has 0 spiro atoms. The van der Waals surface area contributed by atoms with Gasteiger partial charge in [-0.1, -0.05) is 12.1 Å². The van der Waals surface area contributed by atoms with Crippen molar-refractivity contribution in [2.45, 2.75) is 13.8 Å². The molecule has 0 amide bonds. The quantitative estimate of drug-likeness (QED) is 0.538. The number of nitro groups is 1. The second kappa shape index (κ2) is 6.91. The molecule has 3 aromatic rings. The summed E-state index contributed by atoms with van der Waals surface area (Å²) in [4.78, 5) is 23.1. The number of nitrogens with one attached hydrogen (secondary N) is 2. The van der Waals surface area contributed by atoms with E-state index in [1.165, 1.54) is 6.33 Å². The second-order valence-electron chi connectivity index (χ2n) is 5.42. The van der Waals surface area contributed by atoms with Crippen LogP contribution in [0.25, 0.3) is 0 Å². The van der Waals surface area contributed by atoms with Crippen molar-refractivity contribution in [1.82, 2.24) is 15.0 Å². The molecule has 2 aromatic heterocycles. The molecule has 0 bridgehead atoms. The van der Waals surface area contributed by atoms with Crippen LogP contribution in [-0.4, -0.2) is 19.9 Å². The number of hydrogen-bond acceptors (Lipinski definition) is 7. The summed E-state index contributed by atoms with van der Waals surface area (Å²) >= 11 is 0. The minimum atomic E-state index is -0.508. The lowest BCUT2D eigenvalue weighted by Gasteiger charge is -2.12. The highest BCUT2D eigenvalue weighted by Crippen LogP contribution is 2.33. The summed E-state index contributed by atoms with van der Waals surface area (Å²) in [7, 11) is 0. The van der Waals surface area contributed by atoms with Gasteiger partial charge in [0.25, 0.3) is 0 Å². The van der Waals surface area contributed by atoms with Gasteiger partial charge in [-0.3, -0.25) is 15.1 Å². The molecule has 0 aliphatic rings. The van der Waals surface area contributed by atoms with E-state index >= 15 is 0 Å². The highest BCUT2D eigenvalue weighted by atomic mass is 16.6. The van der Waals surface area contributed by atoms with Crippen LogP contribution in [0.4, 0.5) is 28.7 Å². The summed E-state index contributed by atoms with van der Waals surface area (Å²) in [5, 5.41) is 17.6. The van der Waals surface area contributed by atoms with Crippen molar-refractivity contribution in [2.24, 2.45) is 0 Å². The first-order chi connectivity index (χ1) is 12.1. The maximum atomic E-state index is 11.6. The lowest BCUT2D eigenvalue weighted by Crippen LogP contribution is -2.06. The van der Waals surface area contributed by atoms with E-state index in [-0.39, 0.29) is 17.3 Å². The van der Waals surface area contributed by atoms with Gasteiger partial charge in [0.1, 0.15) is 6.33 Å². The summed E-state index contributed by atoms with van der Waals surface area (Å²) < 4.78 is 0. The third-order valence-electron chi connectivity index (χ3n) is 3.79. The molecule has 0 aliphatic carbocycles. The molecule has 0 radical (unpaired) electrons. The molecular weight excluding hydrogens is 320 g/mol. The second-order valence-corrected chi connectivity index (χ2v) is 5.42. The fraction of sp³-hybridized carbons (Fsp3) is 0.118. The van der Waals surface area contributed by atoms with Gasteiger partial charge < -0.3 is 10.6 Å². The molecule has 0 atom stereocenters. The zero-order valence-corrected chi connectivity index (χ0v) is 13.7. The largest absolute Gasteiger partial charge is 0.353 e. The Labute approximate surface area is 144 Å². The molecule has 0 aliphatic heterocycles. The van der Waals surface area contributed by atoms with Gasteiger partial charge in [0, 0.05) is 11.9 Å². The SMILES string of the molecule is Cc1cccc(Nc2ncnc(Nc3cccnc3)c2[N+](=O)[O-])c1C. The molecule has 1 aromatic carbocycles.